The standard InChI is InChI=1S/C17H24FNO4/c1-21-12-16(17(20)22-2)19-9-7-14(8-10-19)23-11-13-5-3-4-6-15(13)18/h3-6,14,16H,7-12H2,1-2H3. The fourth-order valence-corrected chi connectivity index (χ4v) is 2.79. The van der Waals surface area contributed by atoms with Crippen LogP contribution in [0.3, 0.4) is 0 Å². The van der Waals surface area contributed by atoms with Gasteiger partial charge in [-0.3, -0.25) is 9.69 Å². The van der Waals surface area contributed by atoms with Crippen molar-refractivity contribution in [1.82, 2.24) is 4.90 Å². The Morgan fingerprint density at radius 2 is 2.00 bits per heavy atom. The van der Waals surface area contributed by atoms with Crippen molar-refractivity contribution < 1.29 is 23.4 Å². The number of rotatable bonds is 7. The van der Waals surface area contributed by atoms with Crippen LogP contribution >= 0.6 is 0 Å². The van der Waals surface area contributed by atoms with Crippen molar-refractivity contribution in [3.05, 3.63) is 35.6 Å². The molecule has 23 heavy (non-hydrogen) atoms. The number of nitrogens with zero attached hydrogens (tertiary/aromatic N) is 1. The molecule has 1 aromatic rings. The van der Waals surface area contributed by atoms with Crippen molar-refractivity contribution >= 4 is 5.97 Å². The van der Waals surface area contributed by atoms with Crippen LogP contribution in [0.5, 0.6) is 0 Å². The summed E-state index contributed by atoms with van der Waals surface area (Å²) in [5, 5.41) is 0. The third kappa shape index (κ3) is 4.99. The van der Waals surface area contributed by atoms with Gasteiger partial charge in [-0.15, -0.1) is 0 Å². The second-order valence-electron chi connectivity index (χ2n) is 5.63. The molecule has 1 fully saturated rings. The van der Waals surface area contributed by atoms with E-state index in [0.29, 0.717) is 12.2 Å². The molecule has 0 saturated carbocycles. The van der Waals surface area contributed by atoms with Gasteiger partial charge in [0.05, 0.1) is 26.4 Å². The predicted molar refractivity (Wildman–Crippen MR) is 83.5 cm³/mol. The Labute approximate surface area is 136 Å². The van der Waals surface area contributed by atoms with Crippen LogP contribution in [0.2, 0.25) is 0 Å². The number of hydrogen-bond acceptors (Lipinski definition) is 5. The summed E-state index contributed by atoms with van der Waals surface area (Å²) in [7, 11) is 2.95. The van der Waals surface area contributed by atoms with Gasteiger partial charge in [0.2, 0.25) is 0 Å². The van der Waals surface area contributed by atoms with Crippen LogP contribution in [0, 0.1) is 5.82 Å². The minimum Gasteiger partial charge on any atom is -0.468 e. The molecule has 1 unspecified atom stereocenters. The van der Waals surface area contributed by atoms with E-state index in [9.17, 15) is 9.18 Å². The molecule has 1 aliphatic heterocycles. The smallest absolute Gasteiger partial charge is 0.325 e. The molecule has 0 N–H and O–H groups in total. The molecular formula is C17H24FNO4. The summed E-state index contributed by atoms with van der Waals surface area (Å²) in [4.78, 5) is 13.9. The lowest BCUT2D eigenvalue weighted by Gasteiger charge is -2.35. The molecule has 0 radical (unpaired) electrons. The molecule has 128 valence electrons. The third-order valence-electron chi connectivity index (χ3n) is 4.15. The Kier molecular flexibility index (Phi) is 6.95. The highest BCUT2D eigenvalue weighted by atomic mass is 19.1. The molecule has 0 amide bonds. The molecule has 1 heterocycles. The number of likely N-dealkylation sites (tertiary alicyclic amines) is 1. The molecular weight excluding hydrogens is 301 g/mol. The normalized spacial score (nSPS) is 17.9. The van der Waals surface area contributed by atoms with E-state index in [1.54, 1.807) is 25.3 Å². The van der Waals surface area contributed by atoms with Gasteiger partial charge < -0.3 is 14.2 Å². The molecule has 6 heteroatoms. The van der Waals surface area contributed by atoms with Crippen molar-refractivity contribution in [3.8, 4) is 0 Å². The van der Waals surface area contributed by atoms with E-state index in [2.05, 4.69) is 4.90 Å². The van der Waals surface area contributed by atoms with Crippen LogP contribution in [-0.2, 0) is 25.6 Å². The van der Waals surface area contributed by atoms with Crippen LogP contribution in [0.1, 0.15) is 18.4 Å². The first-order chi connectivity index (χ1) is 11.2. The van der Waals surface area contributed by atoms with Crippen molar-refractivity contribution in [3.63, 3.8) is 0 Å². The monoisotopic (exact) mass is 325 g/mol. The molecule has 1 aliphatic rings. The molecule has 0 bridgehead atoms. The zero-order chi connectivity index (χ0) is 16.7. The number of methoxy groups -OCH3 is 2. The van der Waals surface area contributed by atoms with E-state index in [-0.39, 0.29) is 30.5 Å². The topological polar surface area (TPSA) is 48.0 Å². The second kappa shape index (κ2) is 8.96. The van der Waals surface area contributed by atoms with Crippen LogP contribution in [0.25, 0.3) is 0 Å². The Bertz CT molecular complexity index is 503. The number of halogens is 1. The number of ether oxygens (including phenoxy) is 3. The Morgan fingerprint density at radius 1 is 1.30 bits per heavy atom. The van der Waals surface area contributed by atoms with E-state index >= 15 is 0 Å². The molecule has 0 spiro atoms. The first kappa shape index (κ1) is 17.8. The molecule has 0 aliphatic carbocycles. The van der Waals surface area contributed by atoms with E-state index in [1.807, 2.05) is 0 Å². The van der Waals surface area contributed by atoms with Gasteiger partial charge in [-0.2, -0.15) is 0 Å². The molecule has 1 atom stereocenters. The maximum Gasteiger partial charge on any atom is 0.325 e. The zero-order valence-electron chi connectivity index (χ0n) is 13.7. The van der Waals surface area contributed by atoms with Crippen molar-refractivity contribution in [2.24, 2.45) is 0 Å². The summed E-state index contributed by atoms with van der Waals surface area (Å²) in [6, 6.07) is 6.26. The van der Waals surface area contributed by atoms with Gasteiger partial charge in [-0.05, 0) is 18.9 Å². The average molecular weight is 325 g/mol. The summed E-state index contributed by atoms with van der Waals surface area (Å²) in [6.07, 6.45) is 1.67. The van der Waals surface area contributed by atoms with E-state index in [4.69, 9.17) is 14.2 Å². The highest BCUT2D eigenvalue weighted by Gasteiger charge is 2.30. The minimum atomic E-state index is -0.377. The number of piperidine rings is 1. The minimum absolute atomic E-state index is 0.0756. The molecule has 0 aromatic heterocycles. The SMILES string of the molecule is COCC(C(=O)OC)N1CCC(OCc2ccccc2F)CC1. The summed E-state index contributed by atoms with van der Waals surface area (Å²) < 4.78 is 29.3. The Hall–Kier alpha value is -1.50. The van der Waals surface area contributed by atoms with Crippen molar-refractivity contribution in [2.45, 2.75) is 31.6 Å². The van der Waals surface area contributed by atoms with Crippen LogP contribution < -0.4 is 0 Å². The largest absolute Gasteiger partial charge is 0.468 e. The van der Waals surface area contributed by atoms with Gasteiger partial charge in [0, 0.05) is 25.8 Å². The van der Waals surface area contributed by atoms with Gasteiger partial charge in [0.1, 0.15) is 11.9 Å². The molecule has 2 rings (SSSR count). The van der Waals surface area contributed by atoms with Gasteiger partial charge in [-0.25, -0.2) is 4.39 Å². The molecule has 1 saturated heterocycles. The second-order valence-corrected chi connectivity index (χ2v) is 5.63. The summed E-state index contributed by atoms with van der Waals surface area (Å²) in [5.41, 5.74) is 0.571. The van der Waals surface area contributed by atoms with E-state index in [0.717, 1.165) is 25.9 Å². The Morgan fingerprint density at radius 3 is 2.61 bits per heavy atom. The zero-order valence-corrected chi connectivity index (χ0v) is 13.7. The lowest BCUT2D eigenvalue weighted by Crippen LogP contribution is -2.49. The van der Waals surface area contributed by atoms with E-state index < -0.39 is 0 Å². The number of carbonyl (C=O) groups excluding carboxylic acids is 1. The number of hydrogen-bond donors (Lipinski definition) is 0. The summed E-state index contributed by atoms with van der Waals surface area (Å²) in [6.45, 7) is 2.04. The number of benzene rings is 1. The highest BCUT2D eigenvalue weighted by Crippen LogP contribution is 2.19. The van der Waals surface area contributed by atoms with Gasteiger partial charge in [-0.1, -0.05) is 18.2 Å². The number of esters is 1. The van der Waals surface area contributed by atoms with Gasteiger partial charge in [0.25, 0.3) is 0 Å². The fourth-order valence-electron chi connectivity index (χ4n) is 2.79. The van der Waals surface area contributed by atoms with Crippen molar-refractivity contribution in [1.29, 1.82) is 0 Å². The van der Waals surface area contributed by atoms with Gasteiger partial charge >= 0.3 is 5.97 Å². The van der Waals surface area contributed by atoms with E-state index in [1.165, 1.54) is 13.2 Å². The first-order valence-corrected chi connectivity index (χ1v) is 7.81. The maximum absolute atomic E-state index is 13.6. The quantitative estimate of drug-likeness (QED) is 0.718. The molecule has 5 nitrogen and oxygen atoms in total. The molecule has 1 aromatic carbocycles. The average Bonchev–Trinajstić information content (AvgIpc) is 2.59. The predicted octanol–water partition coefficient (Wildman–Crippen LogP) is 1.99. The summed E-state index contributed by atoms with van der Waals surface area (Å²) >= 11 is 0. The van der Waals surface area contributed by atoms with Crippen LogP contribution in [0.4, 0.5) is 4.39 Å². The van der Waals surface area contributed by atoms with Crippen LogP contribution in [-0.4, -0.2) is 56.9 Å². The lowest BCUT2D eigenvalue weighted by atomic mass is 10.1. The van der Waals surface area contributed by atoms with Gasteiger partial charge in [0.15, 0.2) is 0 Å². The highest BCUT2D eigenvalue weighted by molar-refractivity contribution is 5.75. The lowest BCUT2D eigenvalue weighted by molar-refractivity contribution is -0.150. The number of carbonyl (C=O) groups is 1. The third-order valence-corrected chi connectivity index (χ3v) is 4.15. The Balaban J connectivity index is 1.81. The van der Waals surface area contributed by atoms with Crippen molar-refractivity contribution in [2.75, 3.05) is 33.9 Å². The maximum atomic E-state index is 13.6. The van der Waals surface area contributed by atoms with Crippen LogP contribution in [0.15, 0.2) is 24.3 Å². The first-order valence-electron chi connectivity index (χ1n) is 7.81. The summed E-state index contributed by atoms with van der Waals surface area (Å²) in [5.74, 6) is -0.520. The fraction of sp³-hybridized carbons (Fsp3) is 0.588.